The maximum absolute atomic E-state index is 10.1. The zero-order valence-corrected chi connectivity index (χ0v) is 9.48. The number of nitrogens with two attached hydrogens (primary N) is 1. The van der Waals surface area contributed by atoms with Crippen molar-refractivity contribution >= 4 is 17.7 Å². The Bertz CT molecular complexity index is 154. The molecule has 0 saturated carbocycles. The van der Waals surface area contributed by atoms with Gasteiger partial charge in [0, 0.05) is 0 Å². The van der Waals surface area contributed by atoms with Crippen molar-refractivity contribution in [1.29, 1.82) is 0 Å². The topological polar surface area (TPSA) is 124 Å². The van der Waals surface area contributed by atoms with E-state index in [0.29, 0.717) is 6.42 Å². The lowest BCUT2D eigenvalue weighted by Gasteiger charge is -2.02. The molecular weight excluding hydrogens is 222 g/mol. The highest BCUT2D eigenvalue weighted by Crippen LogP contribution is 1.97. The van der Waals surface area contributed by atoms with E-state index in [-0.39, 0.29) is 13.2 Å². The molecule has 0 aliphatic heterocycles. The first-order valence-electron chi connectivity index (χ1n) is 4.36. The van der Waals surface area contributed by atoms with Crippen molar-refractivity contribution in [3.63, 3.8) is 0 Å². The second-order valence-corrected chi connectivity index (χ2v) is 3.73. The van der Waals surface area contributed by atoms with Crippen LogP contribution in [0.25, 0.3) is 0 Å². The minimum Gasteiger partial charge on any atom is -0.480 e. The third-order valence-corrected chi connectivity index (χ3v) is 2.02. The lowest BCUT2D eigenvalue weighted by Crippen LogP contribution is -2.30. The van der Waals surface area contributed by atoms with Gasteiger partial charge >= 0.3 is 5.97 Å². The zero-order valence-electron chi connectivity index (χ0n) is 8.67. The van der Waals surface area contributed by atoms with Crippen LogP contribution >= 0.6 is 11.8 Å². The average Bonchev–Trinajstić information content (AvgIpc) is 2.25. The highest BCUT2D eigenvalue weighted by molar-refractivity contribution is 7.98. The molecule has 0 aromatic carbocycles. The summed E-state index contributed by atoms with van der Waals surface area (Å²) in [4.78, 5) is 10.1. The third kappa shape index (κ3) is 13.7. The number of hydrogen-bond donors (Lipinski definition) is 5. The first-order chi connectivity index (χ1) is 6.99. The Labute approximate surface area is 93.1 Å². The van der Waals surface area contributed by atoms with E-state index in [1.165, 1.54) is 0 Å². The molecule has 1 atom stereocenters. The fourth-order valence-electron chi connectivity index (χ4n) is 0.426. The highest BCUT2D eigenvalue weighted by atomic mass is 32.2. The summed E-state index contributed by atoms with van der Waals surface area (Å²) in [5.74, 6) is -0.1000. The molecule has 1 unspecified atom stereocenters. The first-order valence-corrected chi connectivity index (χ1v) is 5.76. The standard InChI is InChI=1S/C5H11NO2S.C3H8O3/c1-9-3-2-4(6)5(7)8;4-1-3(6)2-5/h4H,2-3,6H2,1H3,(H,7,8);3-6H,1-2H2. The molecule has 0 fully saturated rings. The second-order valence-electron chi connectivity index (χ2n) is 2.75. The molecule has 0 aliphatic carbocycles. The Morgan fingerprint density at radius 3 is 2.07 bits per heavy atom. The number of aliphatic hydroxyl groups is 3. The van der Waals surface area contributed by atoms with Gasteiger partial charge in [-0.2, -0.15) is 11.8 Å². The Morgan fingerprint density at radius 2 is 1.87 bits per heavy atom. The van der Waals surface area contributed by atoms with Crippen molar-refractivity contribution in [3.8, 4) is 0 Å². The minimum absolute atomic E-state index is 0.365. The molecule has 0 saturated heterocycles. The fourth-order valence-corrected chi connectivity index (χ4v) is 0.916. The van der Waals surface area contributed by atoms with Gasteiger partial charge in [-0.3, -0.25) is 4.79 Å². The molecule has 6 nitrogen and oxygen atoms in total. The van der Waals surface area contributed by atoms with E-state index < -0.39 is 18.1 Å². The molecule has 6 N–H and O–H groups in total. The molecule has 0 spiro atoms. The molecule has 0 aliphatic rings. The highest BCUT2D eigenvalue weighted by Gasteiger charge is 2.08. The number of rotatable bonds is 6. The quantitative estimate of drug-likeness (QED) is 0.382. The van der Waals surface area contributed by atoms with E-state index >= 15 is 0 Å². The summed E-state index contributed by atoms with van der Waals surface area (Å²) >= 11 is 1.60. The number of carboxylic acid groups (broad SMARTS) is 1. The number of aliphatic hydroxyl groups excluding tert-OH is 3. The van der Waals surface area contributed by atoms with Gasteiger partial charge in [0.05, 0.1) is 13.2 Å². The van der Waals surface area contributed by atoms with Gasteiger partial charge in [0.15, 0.2) is 0 Å². The minimum atomic E-state index is -0.954. The average molecular weight is 241 g/mol. The van der Waals surface area contributed by atoms with Crippen molar-refractivity contribution in [3.05, 3.63) is 0 Å². The van der Waals surface area contributed by atoms with E-state index in [1.54, 1.807) is 11.8 Å². The Hall–Kier alpha value is -0.340. The van der Waals surface area contributed by atoms with Gasteiger partial charge in [0.25, 0.3) is 0 Å². The van der Waals surface area contributed by atoms with Crippen molar-refractivity contribution in [2.24, 2.45) is 5.73 Å². The molecule has 0 bridgehead atoms. The van der Waals surface area contributed by atoms with E-state index in [4.69, 9.17) is 26.2 Å². The van der Waals surface area contributed by atoms with Crippen LogP contribution in [0.5, 0.6) is 0 Å². The van der Waals surface area contributed by atoms with E-state index in [1.807, 2.05) is 6.26 Å². The summed E-state index contributed by atoms with van der Waals surface area (Å²) in [7, 11) is 0. The largest absolute Gasteiger partial charge is 0.480 e. The van der Waals surface area contributed by atoms with E-state index in [0.717, 1.165) is 5.75 Å². The molecule has 0 radical (unpaired) electrons. The monoisotopic (exact) mass is 241 g/mol. The molecule has 92 valence electrons. The van der Waals surface area contributed by atoms with Crippen LogP contribution in [0, 0.1) is 0 Å². The van der Waals surface area contributed by atoms with E-state index in [2.05, 4.69) is 0 Å². The molecule has 15 heavy (non-hydrogen) atoms. The number of hydrogen-bond acceptors (Lipinski definition) is 6. The van der Waals surface area contributed by atoms with Crippen LogP contribution in [0.3, 0.4) is 0 Å². The van der Waals surface area contributed by atoms with Gasteiger partial charge in [0.2, 0.25) is 0 Å². The number of carbonyl (C=O) groups is 1. The molecule has 0 rings (SSSR count). The van der Waals surface area contributed by atoms with Crippen LogP contribution in [0.2, 0.25) is 0 Å². The van der Waals surface area contributed by atoms with E-state index in [9.17, 15) is 4.79 Å². The second kappa shape index (κ2) is 11.7. The summed E-state index contributed by atoms with van der Waals surface area (Å²) in [6.07, 6.45) is 1.52. The lowest BCUT2D eigenvalue weighted by atomic mass is 10.2. The summed E-state index contributed by atoms with van der Waals surface area (Å²) in [6, 6.07) is -0.683. The molecule has 0 aromatic heterocycles. The number of aliphatic carboxylic acids is 1. The van der Waals surface area contributed by atoms with Gasteiger partial charge < -0.3 is 26.2 Å². The molecule has 0 amide bonds. The van der Waals surface area contributed by atoms with Gasteiger partial charge in [-0.25, -0.2) is 0 Å². The van der Waals surface area contributed by atoms with Crippen molar-refractivity contribution in [2.75, 3.05) is 25.2 Å². The Kier molecular flexibility index (Phi) is 13.4. The van der Waals surface area contributed by atoms with Gasteiger partial charge in [-0.1, -0.05) is 0 Å². The van der Waals surface area contributed by atoms with Crippen LogP contribution in [-0.4, -0.2) is 63.8 Å². The van der Waals surface area contributed by atoms with Crippen molar-refractivity contribution in [1.82, 2.24) is 0 Å². The molecule has 7 heteroatoms. The van der Waals surface area contributed by atoms with Crippen LogP contribution < -0.4 is 5.73 Å². The number of thioether (sulfide) groups is 1. The summed E-state index contributed by atoms with van der Waals surface area (Å²) in [5, 5.41) is 32.3. The fraction of sp³-hybridized carbons (Fsp3) is 0.875. The van der Waals surface area contributed by atoms with Gasteiger partial charge in [-0.05, 0) is 18.4 Å². The van der Waals surface area contributed by atoms with Crippen LogP contribution in [-0.2, 0) is 4.79 Å². The Balaban J connectivity index is 0. The van der Waals surface area contributed by atoms with Crippen LogP contribution in [0.1, 0.15) is 6.42 Å². The van der Waals surface area contributed by atoms with Crippen LogP contribution in [0.15, 0.2) is 0 Å². The Morgan fingerprint density at radius 1 is 1.40 bits per heavy atom. The number of carboxylic acids is 1. The lowest BCUT2D eigenvalue weighted by molar-refractivity contribution is -0.138. The predicted octanol–water partition coefficient (Wildman–Crippen LogP) is -1.52. The maximum atomic E-state index is 10.1. The summed E-state index contributed by atoms with van der Waals surface area (Å²) < 4.78 is 0. The third-order valence-electron chi connectivity index (χ3n) is 1.37. The smallest absolute Gasteiger partial charge is 0.320 e. The molecular formula is C8H19NO5S. The van der Waals surface area contributed by atoms with Crippen molar-refractivity contribution in [2.45, 2.75) is 18.6 Å². The SMILES string of the molecule is CSCCC(N)C(=O)O.OCC(O)CO. The summed E-state index contributed by atoms with van der Waals surface area (Å²) in [6.45, 7) is -0.729. The van der Waals surface area contributed by atoms with Crippen molar-refractivity contribution < 1.29 is 25.2 Å². The molecule has 0 aromatic rings. The first kappa shape index (κ1) is 17.1. The van der Waals surface area contributed by atoms with Gasteiger partial charge in [0.1, 0.15) is 12.1 Å². The maximum Gasteiger partial charge on any atom is 0.320 e. The molecule has 0 heterocycles. The summed E-state index contributed by atoms with van der Waals surface area (Å²) in [5.41, 5.74) is 5.19. The van der Waals surface area contributed by atoms with Gasteiger partial charge in [-0.15, -0.1) is 0 Å². The zero-order chi connectivity index (χ0) is 12.3. The predicted molar refractivity (Wildman–Crippen MR) is 58.8 cm³/mol. The normalized spacial score (nSPS) is 11.9. The van der Waals surface area contributed by atoms with Crippen LogP contribution in [0.4, 0.5) is 0 Å².